The molecule has 0 radical (unpaired) electrons. The topological polar surface area (TPSA) is 161 Å². The molecule has 16 nitrogen and oxygen atoms in total. The van der Waals surface area contributed by atoms with Gasteiger partial charge in [0.1, 0.15) is 49.4 Å². The predicted octanol–water partition coefficient (Wildman–Crippen LogP) is 14.2. The predicted molar refractivity (Wildman–Crippen MR) is 356 cm³/mol. The molecule has 2 aliphatic heterocycles. The zero-order valence-electron chi connectivity index (χ0n) is 54.5. The Hall–Kier alpha value is -7.67. The lowest BCUT2D eigenvalue weighted by molar-refractivity contribution is -0.0553. The summed E-state index contributed by atoms with van der Waals surface area (Å²) in [5, 5.41) is 6.29. The molecule has 2 atom stereocenters. The number of ether oxygens (including phenoxy) is 13. The number of amides is 1. The van der Waals surface area contributed by atoms with Crippen LogP contribution in [-0.4, -0.2) is 124 Å². The van der Waals surface area contributed by atoms with Crippen LogP contribution in [0.15, 0.2) is 158 Å². The molecule has 0 bridgehead atoms. The van der Waals surface area contributed by atoms with E-state index in [4.69, 9.17) is 61.6 Å². The minimum atomic E-state index is -0.545. The van der Waals surface area contributed by atoms with Crippen molar-refractivity contribution in [3.05, 3.63) is 197 Å². The Bertz CT molecular complexity index is 3080. The fourth-order valence-corrected chi connectivity index (χ4v) is 10.1. The molecule has 0 spiro atoms. The van der Waals surface area contributed by atoms with Crippen molar-refractivity contribution in [3.63, 3.8) is 0 Å². The Kier molecular flexibility index (Phi) is 27.7. The highest BCUT2D eigenvalue weighted by Crippen LogP contribution is 2.50. The van der Waals surface area contributed by atoms with Gasteiger partial charge in [0.25, 0.3) is 0 Å². The fourth-order valence-electron chi connectivity index (χ4n) is 10.1. The number of benzene rings is 7. The van der Waals surface area contributed by atoms with Crippen LogP contribution in [0.1, 0.15) is 86.9 Å². The molecule has 7 aromatic rings. The van der Waals surface area contributed by atoms with Crippen LogP contribution in [0.25, 0.3) is 11.1 Å². The third-order valence-corrected chi connectivity index (χ3v) is 14.8. The molecule has 0 aromatic heterocycles. The lowest BCUT2D eigenvalue weighted by atomic mass is 9.79. The van der Waals surface area contributed by atoms with Gasteiger partial charge in [-0.25, -0.2) is 4.79 Å². The first kappa shape index (κ1) is 69.2. The minimum absolute atomic E-state index is 0.118. The van der Waals surface area contributed by atoms with Gasteiger partial charge >= 0.3 is 6.09 Å². The second-order valence-electron chi connectivity index (χ2n) is 24.4. The van der Waals surface area contributed by atoms with Gasteiger partial charge in [0, 0.05) is 12.2 Å². The quantitative estimate of drug-likeness (QED) is 0.0932. The second-order valence-corrected chi connectivity index (χ2v) is 24.4. The zero-order chi connectivity index (χ0) is 64.1. The van der Waals surface area contributed by atoms with Gasteiger partial charge in [0.05, 0.1) is 97.0 Å². The zero-order valence-corrected chi connectivity index (χ0v) is 54.5. The lowest BCUT2D eigenvalue weighted by Crippen LogP contribution is -2.44. The average Bonchev–Trinajstić information content (AvgIpc) is 0.873. The molecule has 0 aliphatic carbocycles. The van der Waals surface area contributed by atoms with Gasteiger partial charge in [-0.15, -0.1) is 0 Å². The largest absolute Gasteiger partial charge is 0.490 e. The number of para-hydroxylation sites is 2. The van der Waals surface area contributed by atoms with E-state index >= 15 is 0 Å². The Balaban J connectivity index is 0.000000290. The van der Waals surface area contributed by atoms with E-state index in [1.54, 1.807) is 0 Å². The maximum Gasteiger partial charge on any atom is 0.411 e. The summed E-state index contributed by atoms with van der Waals surface area (Å²) in [5.74, 6) is 3.68. The van der Waals surface area contributed by atoms with Crippen molar-refractivity contribution in [2.24, 2.45) is 0 Å². The van der Waals surface area contributed by atoms with E-state index in [2.05, 4.69) is 76.4 Å². The molecule has 0 saturated carbocycles. The average molecular weight is 1250 g/mol. The highest BCUT2D eigenvalue weighted by atomic mass is 16.6. The molecule has 0 fully saturated rings. The molecule has 91 heavy (non-hydrogen) atoms. The highest BCUT2D eigenvalue weighted by molar-refractivity contribution is 5.86. The molecule has 2 N–H and O–H groups in total. The number of nitrogens with one attached hydrogen (secondary N) is 2. The van der Waals surface area contributed by atoms with Gasteiger partial charge in [-0.2, -0.15) is 0 Å². The third-order valence-electron chi connectivity index (χ3n) is 14.8. The Morgan fingerprint density at radius 1 is 0.451 bits per heavy atom. The van der Waals surface area contributed by atoms with Gasteiger partial charge in [-0.3, -0.25) is 5.32 Å². The summed E-state index contributed by atoms with van der Waals surface area (Å²) in [4.78, 5) is 12.0. The lowest BCUT2D eigenvalue weighted by Gasteiger charge is -2.33. The number of aryl methyl sites for hydroxylation is 2. The van der Waals surface area contributed by atoms with Crippen LogP contribution >= 0.6 is 0 Å². The minimum Gasteiger partial charge on any atom is -0.490 e. The first-order valence-corrected chi connectivity index (χ1v) is 31.8. The molecule has 7 aromatic carbocycles. The normalized spacial score (nSPS) is 16.3. The van der Waals surface area contributed by atoms with Crippen LogP contribution in [0.2, 0.25) is 0 Å². The van der Waals surface area contributed by atoms with Crippen molar-refractivity contribution in [1.29, 1.82) is 0 Å². The molecular weight excluding hydrogens is 1150 g/mol. The summed E-state index contributed by atoms with van der Waals surface area (Å²) in [5.41, 5.74) is 10.8. The van der Waals surface area contributed by atoms with E-state index in [-0.39, 0.29) is 37.3 Å². The van der Waals surface area contributed by atoms with Crippen molar-refractivity contribution in [2.45, 2.75) is 105 Å². The molecule has 2 aliphatic rings. The Morgan fingerprint density at radius 2 is 0.846 bits per heavy atom. The molecular formula is C75H94N2O14. The number of fused-ring (bicyclic) bond motifs is 1. The molecule has 488 valence electrons. The summed E-state index contributed by atoms with van der Waals surface area (Å²) < 4.78 is 79.6. The van der Waals surface area contributed by atoms with Gasteiger partial charge < -0.3 is 66.9 Å². The number of carbonyl (C=O) groups excluding carboxylic acids is 1. The van der Waals surface area contributed by atoms with Gasteiger partial charge in [-0.05, 0) is 125 Å². The standard InChI is InChI=1S/C48H54O12.C27H40N2O2/c1-3-11-37(12-4-1)33-53-35-45-46(36-54-34-38-13-5-2-6-14-38)60-44-20-10-18-42-48(44)47-41(17-9-19-43(47)59-45)57-31-27-51-23-21-49-25-29-55-39-15-7-8-16-40(39)56-30-26-50-22-24-52-28-32-58-42;1-19-12-20(2)14-24(13-19)29-25(30)31-11-9-10-28-18-21-15-22(26(3,4)5)17-23(16-21)27(6,7)8/h1-20,45-46H,21-36H2;12-17,28H,9-11,18H2,1-8H3,(H,29,30)/t45-,46-;/m1./s1. The summed E-state index contributed by atoms with van der Waals surface area (Å²) >= 11 is 0. The van der Waals surface area contributed by atoms with Crippen LogP contribution < -0.4 is 39.1 Å². The van der Waals surface area contributed by atoms with Crippen molar-refractivity contribution < 1.29 is 66.4 Å². The van der Waals surface area contributed by atoms with Crippen LogP contribution in [0.4, 0.5) is 10.5 Å². The van der Waals surface area contributed by atoms with E-state index in [1.165, 1.54) is 16.7 Å². The molecule has 16 heteroatoms. The highest BCUT2D eigenvalue weighted by Gasteiger charge is 2.34. The van der Waals surface area contributed by atoms with Crippen LogP contribution in [0, 0.1) is 13.8 Å². The fraction of sp³-hybridized carbons (Fsp3) is 0.427. The maximum atomic E-state index is 12.0. The van der Waals surface area contributed by atoms with Crippen LogP contribution in [-0.2, 0) is 63.7 Å². The van der Waals surface area contributed by atoms with Crippen molar-refractivity contribution in [1.82, 2.24) is 5.32 Å². The Morgan fingerprint density at radius 3 is 1.29 bits per heavy atom. The van der Waals surface area contributed by atoms with Gasteiger partial charge in [-0.1, -0.05) is 151 Å². The van der Waals surface area contributed by atoms with Crippen molar-refractivity contribution in [2.75, 3.05) is 111 Å². The third kappa shape index (κ3) is 23.5. The van der Waals surface area contributed by atoms with E-state index in [0.717, 1.165) is 47.5 Å². The van der Waals surface area contributed by atoms with E-state index in [0.29, 0.717) is 132 Å². The first-order valence-electron chi connectivity index (χ1n) is 31.8. The maximum absolute atomic E-state index is 12.0. The number of anilines is 1. The number of rotatable bonds is 15. The summed E-state index contributed by atoms with van der Waals surface area (Å²) in [6.45, 7) is 25.3. The SMILES string of the molecule is Cc1cc(C)cc(NC(=O)OCCCNCc2cc(C(C)(C)C)cc(C(C)(C)C)c2)c1.c1ccc(COC[C@H]2Oc3cccc4c3-c3c(cccc3O[C@@H]2COCc2ccccc2)OCCOCCOCCOc2ccccc2OCCOCCOCCO4)cc1. The molecule has 0 unspecified atom stereocenters. The Labute approximate surface area is 539 Å². The van der Waals surface area contributed by atoms with Gasteiger partial charge in [0.15, 0.2) is 23.7 Å². The summed E-state index contributed by atoms with van der Waals surface area (Å²) in [7, 11) is 0. The smallest absolute Gasteiger partial charge is 0.411 e. The molecule has 1 amide bonds. The van der Waals surface area contributed by atoms with Gasteiger partial charge in [0.2, 0.25) is 0 Å². The van der Waals surface area contributed by atoms with E-state index < -0.39 is 18.3 Å². The van der Waals surface area contributed by atoms with Crippen LogP contribution in [0.5, 0.6) is 34.5 Å². The van der Waals surface area contributed by atoms with E-state index in [9.17, 15) is 4.79 Å². The van der Waals surface area contributed by atoms with Crippen LogP contribution in [0.3, 0.4) is 0 Å². The molecule has 0 saturated heterocycles. The number of hydrogen-bond donors (Lipinski definition) is 2. The van der Waals surface area contributed by atoms with Crippen molar-refractivity contribution in [3.8, 4) is 45.6 Å². The van der Waals surface area contributed by atoms with E-state index in [1.807, 2.05) is 147 Å². The first-order chi connectivity index (χ1) is 44.2. The second kappa shape index (κ2) is 36.4. The number of carbonyl (C=O) groups is 1. The molecule has 2 heterocycles. The molecule has 9 rings (SSSR count). The monoisotopic (exact) mass is 1250 g/mol. The number of hydrogen-bond acceptors (Lipinski definition) is 15. The summed E-state index contributed by atoms with van der Waals surface area (Å²) in [6, 6.07) is 52.1. The van der Waals surface area contributed by atoms with Crippen molar-refractivity contribution >= 4 is 11.8 Å². The summed E-state index contributed by atoms with van der Waals surface area (Å²) in [6.07, 6.45) is -0.727.